The zero-order chi connectivity index (χ0) is 14.8. The molecular weight excluding hydrogens is 280 g/mol. The first-order chi connectivity index (χ1) is 10.2. The van der Waals surface area contributed by atoms with Crippen LogP contribution in [0.4, 0.5) is 5.69 Å². The van der Waals surface area contributed by atoms with Crippen molar-refractivity contribution in [2.75, 3.05) is 5.73 Å². The third kappa shape index (κ3) is 3.10. The molecule has 21 heavy (non-hydrogen) atoms. The molecule has 3 rings (SSSR count). The van der Waals surface area contributed by atoms with Gasteiger partial charge in [0.1, 0.15) is 4.88 Å². The van der Waals surface area contributed by atoms with Gasteiger partial charge in [0.15, 0.2) is 0 Å². The number of thiophene rings is 1. The standard InChI is InChI=1S/C17H20N2OS/c1-12(14-7-8-14)19(11-13-5-3-2-4-6-13)17(20)16-15(18)9-10-21-16/h2-6,9-10,12,14H,7-8,11,18H2,1H3. The Hall–Kier alpha value is -1.81. The minimum absolute atomic E-state index is 0.0609. The highest BCUT2D eigenvalue weighted by Gasteiger charge is 2.35. The average Bonchev–Trinajstić information content (AvgIpc) is 3.26. The van der Waals surface area contributed by atoms with E-state index in [9.17, 15) is 4.79 Å². The van der Waals surface area contributed by atoms with Crippen molar-refractivity contribution in [2.24, 2.45) is 5.92 Å². The minimum Gasteiger partial charge on any atom is -0.397 e. The Morgan fingerprint density at radius 1 is 1.33 bits per heavy atom. The normalized spacial score (nSPS) is 15.7. The summed E-state index contributed by atoms with van der Waals surface area (Å²) >= 11 is 1.43. The smallest absolute Gasteiger partial charge is 0.266 e. The molecule has 3 nitrogen and oxygen atoms in total. The van der Waals surface area contributed by atoms with Crippen LogP contribution in [0.1, 0.15) is 35.0 Å². The summed E-state index contributed by atoms with van der Waals surface area (Å²) in [6.45, 7) is 2.80. The summed E-state index contributed by atoms with van der Waals surface area (Å²) in [5.74, 6) is 0.699. The highest BCUT2D eigenvalue weighted by atomic mass is 32.1. The van der Waals surface area contributed by atoms with Crippen molar-refractivity contribution in [3.63, 3.8) is 0 Å². The maximum atomic E-state index is 12.9. The fourth-order valence-electron chi connectivity index (χ4n) is 2.64. The third-order valence-corrected chi connectivity index (χ3v) is 5.06. The Kier molecular flexibility index (Phi) is 3.97. The van der Waals surface area contributed by atoms with Gasteiger partial charge in [0.25, 0.3) is 5.91 Å². The molecule has 1 aromatic carbocycles. The molecule has 0 saturated heterocycles. The number of nitrogen functional groups attached to an aromatic ring is 1. The van der Waals surface area contributed by atoms with E-state index in [0.29, 0.717) is 23.0 Å². The van der Waals surface area contributed by atoms with E-state index >= 15 is 0 Å². The van der Waals surface area contributed by atoms with E-state index in [4.69, 9.17) is 5.73 Å². The van der Waals surface area contributed by atoms with Gasteiger partial charge < -0.3 is 10.6 Å². The van der Waals surface area contributed by atoms with E-state index in [1.54, 1.807) is 6.07 Å². The quantitative estimate of drug-likeness (QED) is 0.913. The lowest BCUT2D eigenvalue weighted by molar-refractivity contribution is 0.0660. The Morgan fingerprint density at radius 2 is 2.05 bits per heavy atom. The Bertz CT molecular complexity index is 619. The molecule has 1 saturated carbocycles. The van der Waals surface area contributed by atoms with Crippen molar-refractivity contribution in [3.8, 4) is 0 Å². The van der Waals surface area contributed by atoms with Crippen LogP contribution >= 0.6 is 11.3 Å². The molecule has 2 N–H and O–H groups in total. The highest BCUT2D eigenvalue weighted by Crippen LogP contribution is 2.37. The Labute approximate surface area is 129 Å². The first-order valence-electron chi connectivity index (χ1n) is 7.34. The van der Waals surface area contributed by atoms with E-state index < -0.39 is 0 Å². The van der Waals surface area contributed by atoms with E-state index in [-0.39, 0.29) is 11.9 Å². The monoisotopic (exact) mass is 300 g/mol. The number of anilines is 1. The van der Waals surface area contributed by atoms with Crippen LogP contribution in [-0.4, -0.2) is 16.8 Å². The van der Waals surface area contributed by atoms with Crippen molar-refractivity contribution < 1.29 is 4.79 Å². The van der Waals surface area contributed by atoms with Gasteiger partial charge in [-0.15, -0.1) is 11.3 Å². The largest absolute Gasteiger partial charge is 0.397 e. The molecule has 0 aliphatic heterocycles. The van der Waals surface area contributed by atoms with Crippen LogP contribution in [0.3, 0.4) is 0 Å². The van der Waals surface area contributed by atoms with Gasteiger partial charge in [-0.3, -0.25) is 4.79 Å². The van der Waals surface area contributed by atoms with Gasteiger partial charge in [-0.2, -0.15) is 0 Å². The Morgan fingerprint density at radius 3 is 2.62 bits per heavy atom. The average molecular weight is 300 g/mol. The minimum atomic E-state index is 0.0609. The van der Waals surface area contributed by atoms with Gasteiger partial charge in [-0.1, -0.05) is 30.3 Å². The van der Waals surface area contributed by atoms with E-state index in [0.717, 1.165) is 5.56 Å². The molecule has 1 atom stereocenters. The number of rotatable bonds is 5. The van der Waals surface area contributed by atoms with Gasteiger partial charge in [-0.05, 0) is 42.7 Å². The van der Waals surface area contributed by atoms with Gasteiger partial charge in [-0.25, -0.2) is 0 Å². The van der Waals surface area contributed by atoms with Crippen LogP contribution in [0.2, 0.25) is 0 Å². The first kappa shape index (κ1) is 14.1. The van der Waals surface area contributed by atoms with Gasteiger partial charge in [0.2, 0.25) is 0 Å². The number of benzene rings is 1. The summed E-state index contributed by atoms with van der Waals surface area (Å²) in [5.41, 5.74) is 7.68. The van der Waals surface area contributed by atoms with Gasteiger partial charge in [0, 0.05) is 12.6 Å². The number of nitrogens with zero attached hydrogens (tertiary/aromatic N) is 1. The molecule has 1 aliphatic rings. The fourth-order valence-corrected chi connectivity index (χ4v) is 3.41. The maximum absolute atomic E-state index is 12.9. The van der Waals surface area contributed by atoms with E-state index in [1.165, 1.54) is 24.2 Å². The third-order valence-electron chi connectivity index (χ3n) is 4.14. The zero-order valence-electron chi connectivity index (χ0n) is 12.2. The summed E-state index contributed by atoms with van der Waals surface area (Å²) in [5, 5.41) is 1.88. The second kappa shape index (κ2) is 5.90. The molecule has 110 valence electrons. The number of carbonyl (C=O) groups is 1. The molecule has 0 radical (unpaired) electrons. The van der Waals surface area contributed by atoms with Crippen molar-refractivity contribution >= 4 is 22.9 Å². The molecule has 1 heterocycles. The van der Waals surface area contributed by atoms with Gasteiger partial charge in [0.05, 0.1) is 5.69 Å². The summed E-state index contributed by atoms with van der Waals surface area (Å²) < 4.78 is 0. The SMILES string of the molecule is CC(C1CC1)N(Cc1ccccc1)C(=O)c1sccc1N. The summed E-state index contributed by atoms with van der Waals surface area (Å²) in [6, 6.07) is 12.2. The number of amides is 1. The lowest BCUT2D eigenvalue weighted by Crippen LogP contribution is -2.39. The maximum Gasteiger partial charge on any atom is 0.266 e. The van der Waals surface area contributed by atoms with Gasteiger partial charge >= 0.3 is 0 Å². The molecule has 1 amide bonds. The summed E-state index contributed by atoms with van der Waals surface area (Å²) in [7, 11) is 0. The molecule has 1 fully saturated rings. The molecule has 2 aromatic rings. The predicted octanol–water partition coefficient (Wildman–Crippen LogP) is 3.77. The summed E-state index contributed by atoms with van der Waals surface area (Å²) in [6.07, 6.45) is 2.44. The van der Waals surface area contributed by atoms with Crippen molar-refractivity contribution in [1.82, 2.24) is 4.90 Å². The Balaban J connectivity index is 1.85. The van der Waals surface area contributed by atoms with Crippen LogP contribution in [0.15, 0.2) is 41.8 Å². The second-order valence-electron chi connectivity index (χ2n) is 5.70. The molecule has 0 bridgehead atoms. The van der Waals surface area contributed by atoms with E-state index in [2.05, 4.69) is 19.1 Å². The molecule has 4 heteroatoms. The highest BCUT2D eigenvalue weighted by molar-refractivity contribution is 7.12. The van der Waals surface area contributed by atoms with Crippen LogP contribution < -0.4 is 5.73 Å². The molecule has 0 spiro atoms. The van der Waals surface area contributed by atoms with Crippen LogP contribution in [0, 0.1) is 5.92 Å². The first-order valence-corrected chi connectivity index (χ1v) is 8.22. The second-order valence-corrected chi connectivity index (χ2v) is 6.62. The lowest BCUT2D eigenvalue weighted by atomic mass is 10.1. The van der Waals surface area contributed by atoms with E-state index in [1.807, 2.05) is 28.5 Å². The molecule has 1 aliphatic carbocycles. The van der Waals surface area contributed by atoms with Crippen LogP contribution in [0.5, 0.6) is 0 Å². The molecular formula is C17H20N2OS. The van der Waals surface area contributed by atoms with Crippen molar-refractivity contribution in [3.05, 3.63) is 52.2 Å². The zero-order valence-corrected chi connectivity index (χ0v) is 13.0. The predicted molar refractivity (Wildman–Crippen MR) is 87.2 cm³/mol. The lowest BCUT2D eigenvalue weighted by Gasteiger charge is -2.29. The van der Waals surface area contributed by atoms with Crippen LogP contribution in [-0.2, 0) is 6.54 Å². The topological polar surface area (TPSA) is 46.3 Å². The summed E-state index contributed by atoms with van der Waals surface area (Å²) in [4.78, 5) is 15.5. The fraction of sp³-hybridized carbons (Fsp3) is 0.353. The number of hydrogen-bond donors (Lipinski definition) is 1. The van der Waals surface area contributed by atoms with Crippen molar-refractivity contribution in [2.45, 2.75) is 32.4 Å². The van der Waals surface area contributed by atoms with Crippen molar-refractivity contribution in [1.29, 1.82) is 0 Å². The molecule has 1 aromatic heterocycles. The number of nitrogens with two attached hydrogens (primary N) is 1. The number of carbonyl (C=O) groups excluding carboxylic acids is 1. The van der Waals surface area contributed by atoms with Crippen LogP contribution in [0.25, 0.3) is 0 Å². The number of hydrogen-bond acceptors (Lipinski definition) is 3. The molecule has 1 unspecified atom stereocenters.